The molecule has 2 aromatic heterocycles. The van der Waals surface area contributed by atoms with E-state index < -0.39 is 0 Å². The molecule has 0 aliphatic heterocycles. The van der Waals surface area contributed by atoms with Crippen molar-refractivity contribution >= 4 is 22.8 Å². The van der Waals surface area contributed by atoms with Crippen molar-refractivity contribution in [2.24, 2.45) is 0 Å². The van der Waals surface area contributed by atoms with E-state index >= 15 is 0 Å². The van der Waals surface area contributed by atoms with Crippen molar-refractivity contribution in [3.8, 4) is 0 Å². The molecule has 0 saturated carbocycles. The summed E-state index contributed by atoms with van der Waals surface area (Å²) in [6.07, 6.45) is 1.67. The van der Waals surface area contributed by atoms with E-state index in [2.05, 4.69) is 9.97 Å². The van der Waals surface area contributed by atoms with Crippen molar-refractivity contribution in [1.29, 1.82) is 0 Å². The van der Waals surface area contributed by atoms with E-state index in [-0.39, 0.29) is 5.88 Å². The zero-order valence-corrected chi connectivity index (χ0v) is 6.38. The lowest BCUT2D eigenvalue weighted by molar-refractivity contribution is 0.555. The Bertz CT molecular complexity index is 338. The Balaban J connectivity index is 2.69. The summed E-state index contributed by atoms with van der Waals surface area (Å²) in [6.45, 7) is 0. The second-order valence-electron chi connectivity index (χ2n) is 2.07. The van der Waals surface area contributed by atoms with Gasteiger partial charge in [0.05, 0.1) is 5.88 Å². The third-order valence-electron chi connectivity index (χ3n) is 1.32. The second kappa shape index (κ2) is 2.51. The Morgan fingerprint density at radius 3 is 3.18 bits per heavy atom. The number of aromatic nitrogens is 2. The maximum atomic E-state index is 5.51. The molecular weight excluding hydrogens is 164 g/mol. The van der Waals surface area contributed by atoms with Gasteiger partial charge < -0.3 is 4.42 Å². The van der Waals surface area contributed by atoms with Gasteiger partial charge in [-0.15, -0.1) is 11.6 Å². The van der Waals surface area contributed by atoms with E-state index in [4.69, 9.17) is 16.0 Å². The van der Waals surface area contributed by atoms with E-state index in [1.54, 1.807) is 12.3 Å². The van der Waals surface area contributed by atoms with Crippen LogP contribution in [0.3, 0.4) is 0 Å². The number of oxazole rings is 1. The molecule has 0 atom stereocenters. The maximum absolute atomic E-state index is 5.51. The predicted octanol–water partition coefficient (Wildman–Crippen LogP) is 1.96. The SMILES string of the molecule is ClCc1nc2ncccc2o1. The van der Waals surface area contributed by atoms with E-state index in [1.807, 2.05) is 6.07 Å². The van der Waals surface area contributed by atoms with Crippen LogP contribution in [-0.4, -0.2) is 9.97 Å². The predicted molar refractivity (Wildman–Crippen MR) is 41.4 cm³/mol. The molecule has 0 aromatic carbocycles. The Labute approximate surface area is 68.0 Å². The summed E-state index contributed by atoms with van der Waals surface area (Å²) in [5, 5.41) is 0. The minimum atomic E-state index is 0.288. The zero-order chi connectivity index (χ0) is 7.68. The van der Waals surface area contributed by atoms with Gasteiger partial charge in [-0.1, -0.05) is 0 Å². The lowest BCUT2D eigenvalue weighted by atomic mass is 10.5. The molecule has 0 fully saturated rings. The number of nitrogens with zero attached hydrogens (tertiary/aromatic N) is 2. The van der Waals surface area contributed by atoms with Gasteiger partial charge in [-0.2, -0.15) is 4.98 Å². The molecule has 0 bridgehead atoms. The topological polar surface area (TPSA) is 38.9 Å². The Morgan fingerprint density at radius 2 is 2.45 bits per heavy atom. The molecule has 0 aliphatic rings. The highest BCUT2D eigenvalue weighted by Gasteiger charge is 2.02. The summed E-state index contributed by atoms with van der Waals surface area (Å²) in [7, 11) is 0. The Hall–Kier alpha value is -1.09. The fourth-order valence-corrected chi connectivity index (χ4v) is 0.985. The Kier molecular flexibility index (Phi) is 1.51. The number of fused-ring (bicyclic) bond motifs is 1. The standard InChI is InChI=1S/C7H5ClN2O/c8-4-6-10-7-5(11-6)2-1-3-9-7/h1-3H,4H2. The molecular formula is C7H5ClN2O. The molecule has 56 valence electrons. The van der Waals surface area contributed by atoms with Gasteiger partial charge >= 0.3 is 0 Å². The first kappa shape index (κ1) is 6.61. The summed E-state index contributed by atoms with van der Waals surface area (Å²) >= 11 is 5.51. The van der Waals surface area contributed by atoms with Crippen LogP contribution in [0, 0.1) is 0 Å². The molecule has 0 N–H and O–H groups in total. The van der Waals surface area contributed by atoms with Crippen LogP contribution in [0.15, 0.2) is 22.7 Å². The van der Waals surface area contributed by atoms with E-state index in [0.29, 0.717) is 17.1 Å². The molecule has 2 rings (SSSR count). The van der Waals surface area contributed by atoms with Crippen molar-refractivity contribution in [2.75, 3.05) is 0 Å². The first-order chi connectivity index (χ1) is 5.40. The van der Waals surface area contributed by atoms with Crippen LogP contribution in [0.5, 0.6) is 0 Å². The monoisotopic (exact) mass is 168 g/mol. The van der Waals surface area contributed by atoms with Gasteiger partial charge in [-0.25, -0.2) is 4.98 Å². The highest BCUT2D eigenvalue weighted by atomic mass is 35.5. The van der Waals surface area contributed by atoms with Crippen LogP contribution >= 0.6 is 11.6 Å². The van der Waals surface area contributed by atoms with Crippen LogP contribution < -0.4 is 0 Å². The molecule has 0 spiro atoms. The lowest BCUT2D eigenvalue weighted by Crippen LogP contribution is -1.75. The number of hydrogen-bond acceptors (Lipinski definition) is 3. The van der Waals surface area contributed by atoms with E-state index in [0.717, 1.165) is 0 Å². The summed E-state index contributed by atoms with van der Waals surface area (Å²) in [5.41, 5.74) is 1.30. The van der Waals surface area contributed by atoms with Crippen LogP contribution in [-0.2, 0) is 5.88 Å². The first-order valence-electron chi connectivity index (χ1n) is 3.16. The van der Waals surface area contributed by atoms with Gasteiger partial charge in [0.25, 0.3) is 0 Å². The molecule has 11 heavy (non-hydrogen) atoms. The van der Waals surface area contributed by atoms with Gasteiger partial charge in [-0.3, -0.25) is 0 Å². The van der Waals surface area contributed by atoms with Crippen molar-refractivity contribution in [1.82, 2.24) is 9.97 Å². The van der Waals surface area contributed by atoms with Crippen molar-refractivity contribution in [2.45, 2.75) is 5.88 Å². The smallest absolute Gasteiger partial charge is 0.211 e. The van der Waals surface area contributed by atoms with Gasteiger partial charge in [0.15, 0.2) is 11.2 Å². The minimum absolute atomic E-state index is 0.288. The summed E-state index contributed by atoms with van der Waals surface area (Å²) < 4.78 is 5.21. The molecule has 0 aliphatic carbocycles. The molecule has 0 saturated heterocycles. The second-order valence-corrected chi connectivity index (χ2v) is 2.33. The van der Waals surface area contributed by atoms with Crippen molar-refractivity contribution in [3.05, 3.63) is 24.2 Å². The summed E-state index contributed by atoms with van der Waals surface area (Å²) in [5.74, 6) is 0.802. The molecule has 3 nitrogen and oxygen atoms in total. The normalized spacial score (nSPS) is 10.6. The minimum Gasteiger partial charge on any atom is -0.438 e. The van der Waals surface area contributed by atoms with Crippen LogP contribution in [0.2, 0.25) is 0 Å². The van der Waals surface area contributed by atoms with E-state index in [9.17, 15) is 0 Å². The number of rotatable bonds is 1. The summed E-state index contributed by atoms with van der Waals surface area (Å²) in [6, 6.07) is 3.61. The molecule has 0 radical (unpaired) electrons. The van der Waals surface area contributed by atoms with E-state index in [1.165, 1.54) is 0 Å². The first-order valence-corrected chi connectivity index (χ1v) is 3.70. The molecule has 0 unspecified atom stereocenters. The van der Waals surface area contributed by atoms with Crippen molar-refractivity contribution < 1.29 is 4.42 Å². The van der Waals surface area contributed by atoms with Crippen LogP contribution in [0.1, 0.15) is 5.89 Å². The Morgan fingerprint density at radius 1 is 1.55 bits per heavy atom. The largest absolute Gasteiger partial charge is 0.438 e. The molecule has 0 amide bonds. The molecule has 4 heteroatoms. The van der Waals surface area contributed by atoms with Gasteiger partial charge in [0.1, 0.15) is 0 Å². The zero-order valence-electron chi connectivity index (χ0n) is 5.62. The number of alkyl halides is 1. The molecule has 2 aromatic rings. The van der Waals surface area contributed by atoms with Crippen LogP contribution in [0.4, 0.5) is 0 Å². The summed E-state index contributed by atoms with van der Waals surface area (Å²) in [4.78, 5) is 8.01. The number of pyridine rings is 1. The fourth-order valence-electron chi connectivity index (χ4n) is 0.871. The number of hydrogen-bond donors (Lipinski definition) is 0. The average Bonchev–Trinajstić information content (AvgIpc) is 2.46. The third-order valence-corrected chi connectivity index (χ3v) is 1.55. The van der Waals surface area contributed by atoms with Crippen molar-refractivity contribution in [3.63, 3.8) is 0 Å². The number of halogens is 1. The molecule has 2 heterocycles. The highest BCUT2D eigenvalue weighted by Crippen LogP contribution is 2.12. The highest BCUT2D eigenvalue weighted by molar-refractivity contribution is 6.16. The lowest BCUT2D eigenvalue weighted by Gasteiger charge is -1.79. The van der Waals surface area contributed by atoms with Gasteiger partial charge in [0, 0.05) is 6.20 Å². The van der Waals surface area contributed by atoms with Gasteiger partial charge in [-0.05, 0) is 12.1 Å². The van der Waals surface area contributed by atoms with Crippen LogP contribution in [0.25, 0.3) is 11.2 Å². The van der Waals surface area contributed by atoms with Gasteiger partial charge in [0.2, 0.25) is 5.89 Å². The quantitative estimate of drug-likeness (QED) is 0.611. The third kappa shape index (κ3) is 1.07. The average molecular weight is 169 g/mol. The maximum Gasteiger partial charge on any atom is 0.211 e. The fraction of sp³-hybridized carbons (Fsp3) is 0.143.